The van der Waals surface area contributed by atoms with Gasteiger partial charge in [0, 0.05) is 13.0 Å². The molecule has 2 atom stereocenters. The second-order valence-corrected chi connectivity index (χ2v) is 3.68. The van der Waals surface area contributed by atoms with Crippen molar-refractivity contribution in [3.8, 4) is 0 Å². The molecule has 0 radical (unpaired) electrons. The number of carbonyl (C=O) groups excluding carboxylic acids is 1. The van der Waals surface area contributed by atoms with Crippen molar-refractivity contribution < 1.29 is 19.8 Å². The molecule has 1 amide bonds. The van der Waals surface area contributed by atoms with E-state index in [-0.39, 0.29) is 18.9 Å². The number of aliphatic hydroxyl groups is 1. The topological polar surface area (TPSA) is 113 Å². The number of nitrogens with two attached hydrogens (primary N) is 1. The van der Waals surface area contributed by atoms with Crippen LogP contribution in [0.3, 0.4) is 0 Å². The number of carboxylic acid groups (broad SMARTS) is 1. The summed E-state index contributed by atoms with van der Waals surface area (Å²) >= 11 is 0. The van der Waals surface area contributed by atoms with Crippen molar-refractivity contribution in [1.29, 1.82) is 0 Å². The van der Waals surface area contributed by atoms with Crippen molar-refractivity contribution in [2.24, 2.45) is 11.7 Å². The van der Waals surface area contributed by atoms with Crippen LogP contribution in [0.25, 0.3) is 0 Å². The molecule has 0 aromatic rings. The third-order valence-corrected chi connectivity index (χ3v) is 2.05. The van der Waals surface area contributed by atoms with E-state index in [9.17, 15) is 9.59 Å². The number of hydrogen-bond donors (Lipinski definition) is 4. The van der Waals surface area contributed by atoms with Crippen LogP contribution in [0.1, 0.15) is 20.3 Å². The Bertz CT molecular complexity index is 230. The molecule has 6 heteroatoms. The lowest BCUT2D eigenvalue weighted by atomic mass is 10.0. The van der Waals surface area contributed by atoms with Crippen molar-refractivity contribution in [2.75, 3.05) is 6.61 Å². The van der Waals surface area contributed by atoms with E-state index in [1.807, 2.05) is 0 Å². The predicted octanol–water partition coefficient (Wildman–Crippen LogP) is -1.08. The van der Waals surface area contributed by atoms with Gasteiger partial charge in [-0.25, -0.2) is 4.79 Å². The number of rotatable bonds is 6. The molecule has 0 saturated carbocycles. The predicted molar refractivity (Wildman–Crippen MR) is 54.1 cm³/mol. The van der Waals surface area contributed by atoms with E-state index in [2.05, 4.69) is 5.32 Å². The molecule has 5 N–H and O–H groups in total. The molecule has 0 aliphatic carbocycles. The summed E-state index contributed by atoms with van der Waals surface area (Å²) in [5.74, 6) is -1.74. The largest absolute Gasteiger partial charge is 0.480 e. The van der Waals surface area contributed by atoms with Crippen LogP contribution < -0.4 is 11.1 Å². The highest BCUT2D eigenvalue weighted by atomic mass is 16.4. The fourth-order valence-corrected chi connectivity index (χ4v) is 0.957. The van der Waals surface area contributed by atoms with Crippen LogP contribution in [0.4, 0.5) is 0 Å². The molecule has 0 aromatic carbocycles. The number of carboxylic acids is 1. The van der Waals surface area contributed by atoms with E-state index >= 15 is 0 Å². The summed E-state index contributed by atoms with van der Waals surface area (Å²) in [6, 6.07) is -1.81. The molecule has 0 spiro atoms. The van der Waals surface area contributed by atoms with Crippen LogP contribution in [0.2, 0.25) is 0 Å². The van der Waals surface area contributed by atoms with Gasteiger partial charge in [0.1, 0.15) is 6.04 Å². The molecule has 88 valence electrons. The average molecular weight is 218 g/mol. The fourth-order valence-electron chi connectivity index (χ4n) is 0.957. The van der Waals surface area contributed by atoms with Gasteiger partial charge in [-0.3, -0.25) is 4.79 Å². The van der Waals surface area contributed by atoms with Gasteiger partial charge in [0.05, 0.1) is 6.04 Å². The Morgan fingerprint density at radius 1 is 1.40 bits per heavy atom. The molecule has 0 saturated heterocycles. The number of carbonyl (C=O) groups is 2. The number of amides is 1. The van der Waals surface area contributed by atoms with E-state index in [0.29, 0.717) is 0 Å². The molecule has 0 heterocycles. The van der Waals surface area contributed by atoms with Crippen molar-refractivity contribution >= 4 is 11.9 Å². The Morgan fingerprint density at radius 2 is 1.93 bits per heavy atom. The van der Waals surface area contributed by atoms with Gasteiger partial charge in [0.25, 0.3) is 0 Å². The van der Waals surface area contributed by atoms with Crippen molar-refractivity contribution in [3.63, 3.8) is 0 Å². The monoisotopic (exact) mass is 218 g/mol. The van der Waals surface area contributed by atoms with Crippen molar-refractivity contribution in [3.05, 3.63) is 0 Å². The van der Waals surface area contributed by atoms with E-state index in [0.717, 1.165) is 0 Å². The number of nitrogens with one attached hydrogen (secondary N) is 1. The summed E-state index contributed by atoms with van der Waals surface area (Å²) in [5, 5.41) is 19.6. The highest BCUT2D eigenvalue weighted by Crippen LogP contribution is 2.00. The quantitative estimate of drug-likeness (QED) is 0.453. The summed E-state index contributed by atoms with van der Waals surface area (Å²) < 4.78 is 0. The number of hydrogen-bond acceptors (Lipinski definition) is 4. The standard InChI is InChI=1S/C9H18N2O4/c1-5(2)7(10)8(13)11-6(3-4-12)9(14)15/h5-7,12H,3-4,10H2,1-2H3,(H,11,13)(H,14,15)/t6-,7?/m0/s1. The zero-order valence-electron chi connectivity index (χ0n) is 8.93. The van der Waals surface area contributed by atoms with Crippen LogP contribution in [0.15, 0.2) is 0 Å². The van der Waals surface area contributed by atoms with Crippen LogP contribution in [-0.4, -0.2) is 40.8 Å². The number of aliphatic carboxylic acids is 1. The molecular formula is C9H18N2O4. The minimum Gasteiger partial charge on any atom is -0.480 e. The SMILES string of the molecule is CC(C)C(N)C(=O)N[C@@H](CCO)C(=O)O. The summed E-state index contributed by atoms with van der Waals surface area (Å²) in [5.41, 5.74) is 5.54. The van der Waals surface area contributed by atoms with Gasteiger partial charge in [0.15, 0.2) is 0 Å². The molecule has 1 unspecified atom stereocenters. The first-order valence-corrected chi connectivity index (χ1v) is 4.79. The highest BCUT2D eigenvalue weighted by Gasteiger charge is 2.24. The minimum absolute atomic E-state index is 0.0219. The molecule has 0 rings (SSSR count). The Labute approximate surface area is 88.5 Å². The smallest absolute Gasteiger partial charge is 0.326 e. The van der Waals surface area contributed by atoms with Crippen LogP contribution >= 0.6 is 0 Å². The summed E-state index contributed by atoms with van der Waals surface area (Å²) in [4.78, 5) is 22.0. The zero-order chi connectivity index (χ0) is 12.0. The molecular weight excluding hydrogens is 200 g/mol. The zero-order valence-corrected chi connectivity index (χ0v) is 8.93. The minimum atomic E-state index is -1.17. The molecule has 15 heavy (non-hydrogen) atoms. The molecule has 0 aliphatic heterocycles. The Balaban J connectivity index is 4.28. The van der Waals surface area contributed by atoms with Crippen molar-refractivity contribution in [1.82, 2.24) is 5.32 Å². The summed E-state index contributed by atoms with van der Waals surface area (Å²) in [7, 11) is 0. The van der Waals surface area contributed by atoms with Gasteiger partial charge in [-0.2, -0.15) is 0 Å². The third-order valence-electron chi connectivity index (χ3n) is 2.05. The molecule has 6 nitrogen and oxygen atoms in total. The summed E-state index contributed by atoms with van der Waals surface area (Å²) in [6.07, 6.45) is -0.0219. The Hall–Kier alpha value is -1.14. The highest BCUT2D eigenvalue weighted by molar-refractivity contribution is 5.86. The van der Waals surface area contributed by atoms with Gasteiger partial charge in [0.2, 0.25) is 5.91 Å². The number of aliphatic hydroxyl groups excluding tert-OH is 1. The molecule has 0 fully saturated rings. The Morgan fingerprint density at radius 3 is 2.27 bits per heavy atom. The van der Waals surface area contributed by atoms with E-state index < -0.39 is 24.0 Å². The van der Waals surface area contributed by atoms with Gasteiger partial charge in [-0.15, -0.1) is 0 Å². The van der Waals surface area contributed by atoms with Gasteiger partial charge in [-0.1, -0.05) is 13.8 Å². The van der Waals surface area contributed by atoms with Gasteiger partial charge < -0.3 is 21.3 Å². The van der Waals surface area contributed by atoms with Crippen molar-refractivity contribution in [2.45, 2.75) is 32.4 Å². The van der Waals surface area contributed by atoms with E-state index in [1.54, 1.807) is 13.8 Å². The van der Waals surface area contributed by atoms with Gasteiger partial charge >= 0.3 is 5.97 Å². The normalized spacial score (nSPS) is 14.7. The maximum absolute atomic E-state index is 11.4. The molecule has 0 aromatic heterocycles. The molecule has 0 bridgehead atoms. The van der Waals surface area contributed by atoms with E-state index in [4.69, 9.17) is 15.9 Å². The van der Waals surface area contributed by atoms with Crippen LogP contribution in [0, 0.1) is 5.92 Å². The third kappa shape index (κ3) is 4.75. The van der Waals surface area contributed by atoms with Crippen LogP contribution in [-0.2, 0) is 9.59 Å². The lowest BCUT2D eigenvalue weighted by Gasteiger charge is -2.19. The van der Waals surface area contributed by atoms with Gasteiger partial charge in [-0.05, 0) is 5.92 Å². The first kappa shape index (κ1) is 13.9. The van der Waals surface area contributed by atoms with E-state index in [1.165, 1.54) is 0 Å². The second kappa shape index (κ2) is 6.36. The first-order valence-electron chi connectivity index (χ1n) is 4.79. The fraction of sp³-hybridized carbons (Fsp3) is 0.778. The Kier molecular flexibility index (Phi) is 5.88. The van der Waals surface area contributed by atoms with Crippen LogP contribution in [0.5, 0.6) is 0 Å². The summed E-state index contributed by atoms with van der Waals surface area (Å²) in [6.45, 7) is 3.24. The maximum Gasteiger partial charge on any atom is 0.326 e. The average Bonchev–Trinajstić information content (AvgIpc) is 2.15. The maximum atomic E-state index is 11.4. The first-order chi connectivity index (χ1) is 6.90. The second-order valence-electron chi connectivity index (χ2n) is 3.68. The lowest BCUT2D eigenvalue weighted by molar-refractivity contribution is -0.142. The molecule has 0 aliphatic rings. The lowest BCUT2D eigenvalue weighted by Crippen LogP contribution is -2.50.